The Bertz CT molecular complexity index is 768. The Kier molecular flexibility index (Phi) is 3.23. The van der Waals surface area contributed by atoms with Gasteiger partial charge in [0, 0.05) is 22.2 Å². The van der Waals surface area contributed by atoms with Crippen LogP contribution in [0, 0.1) is 18.7 Å². The summed E-state index contributed by atoms with van der Waals surface area (Å²) in [6, 6.07) is 11.1. The van der Waals surface area contributed by atoms with Crippen molar-refractivity contribution in [1.82, 2.24) is 0 Å². The highest BCUT2D eigenvalue weighted by molar-refractivity contribution is 6.31. The number of hydrogen-bond donors (Lipinski definition) is 1. The average Bonchev–Trinajstić information content (AvgIpc) is 3.00. The van der Waals surface area contributed by atoms with E-state index in [1.165, 1.54) is 11.6 Å². The number of hydrogen-bond acceptors (Lipinski definition) is 1. The minimum atomic E-state index is -0.145. The van der Waals surface area contributed by atoms with Crippen LogP contribution in [0.25, 0.3) is 0 Å². The summed E-state index contributed by atoms with van der Waals surface area (Å²) in [4.78, 5) is 0. The fourth-order valence-electron chi connectivity index (χ4n) is 3.82. The minimum absolute atomic E-state index is 0.0223. The van der Waals surface area contributed by atoms with Crippen LogP contribution in [0.2, 0.25) is 5.02 Å². The highest BCUT2D eigenvalue weighted by Crippen LogP contribution is 2.51. The third-order valence-corrected chi connectivity index (χ3v) is 5.38. The fourth-order valence-corrected chi connectivity index (χ4v) is 3.98. The molecule has 1 N–H and O–H groups in total. The Balaban J connectivity index is 1.87. The van der Waals surface area contributed by atoms with Crippen LogP contribution in [0.1, 0.15) is 35.1 Å². The average molecular weight is 314 g/mol. The molecule has 22 heavy (non-hydrogen) atoms. The van der Waals surface area contributed by atoms with Crippen molar-refractivity contribution in [2.24, 2.45) is 5.92 Å². The second-order valence-electron chi connectivity index (χ2n) is 6.13. The van der Waals surface area contributed by atoms with Gasteiger partial charge in [-0.15, -0.1) is 0 Å². The third kappa shape index (κ3) is 1.98. The molecular formula is C19H17ClFN. The molecule has 1 aliphatic carbocycles. The molecule has 0 fully saturated rings. The van der Waals surface area contributed by atoms with Crippen LogP contribution in [0.5, 0.6) is 0 Å². The first-order valence-corrected chi connectivity index (χ1v) is 8.01. The van der Waals surface area contributed by atoms with Gasteiger partial charge in [0.05, 0.1) is 6.04 Å². The van der Waals surface area contributed by atoms with Gasteiger partial charge in [-0.3, -0.25) is 0 Å². The van der Waals surface area contributed by atoms with Crippen molar-refractivity contribution in [3.05, 3.63) is 76.1 Å². The van der Waals surface area contributed by atoms with Gasteiger partial charge in [0.1, 0.15) is 5.82 Å². The molecule has 2 aromatic carbocycles. The van der Waals surface area contributed by atoms with Gasteiger partial charge in [-0.25, -0.2) is 4.39 Å². The van der Waals surface area contributed by atoms with Crippen molar-refractivity contribution in [3.8, 4) is 0 Å². The minimum Gasteiger partial charge on any atom is -0.377 e. The van der Waals surface area contributed by atoms with E-state index in [1.54, 1.807) is 6.07 Å². The smallest absolute Gasteiger partial charge is 0.128 e. The maximum Gasteiger partial charge on any atom is 0.128 e. The number of nitrogens with one attached hydrogen (secondary N) is 1. The number of anilines is 1. The van der Waals surface area contributed by atoms with Crippen LogP contribution in [-0.4, -0.2) is 0 Å². The molecule has 1 heterocycles. The molecule has 3 heteroatoms. The lowest BCUT2D eigenvalue weighted by Crippen LogP contribution is -2.30. The second kappa shape index (κ2) is 5.13. The summed E-state index contributed by atoms with van der Waals surface area (Å²) in [5, 5.41) is 4.32. The summed E-state index contributed by atoms with van der Waals surface area (Å²) < 4.78 is 14.3. The summed E-state index contributed by atoms with van der Waals surface area (Å²) in [6.07, 6.45) is 5.44. The van der Waals surface area contributed by atoms with Crippen LogP contribution in [-0.2, 0) is 0 Å². The SMILES string of the molecule is Cc1c(Cl)ccc2c1N[C@H](c1ccccc1F)[C@H]1CC=C[C@H]21. The molecule has 112 valence electrons. The second-order valence-corrected chi connectivity index (χ2v) is 6.54. The van der Waals surface area contributed by atoms with Crippen LogP contribution in [0.3, 0.4) is 0 Å². The zero-order chi connectivity index (χ0) is 15.3. The first-order chi connectivity index (χ1) is 10.7. The lowest BCUT2D eigenvalue weighted by Gasteiger charge is -2.38. The van der Waals surface area contributed by atoms with E-state index >= 15 is 0 Å². The van der Waals surface area contributed by atoms with Gasteiger partial charge in [0.15, 0.2) is 0 Å². The molecule has 0 aromatic heterocycles. The van der Waals surface area contributed by atoms with Crippen molar-refractivity contribution in [1.29, 1.82) is 0 Å². The van der Waals surface area contributed by atoms with Gasteiger partial charge in [0.2, 0.25) is 0 Å². The van der Waals surface area contributed by atoms with Gasteiger partial charge in [-0.2, -0.15) is 0 Å². The molecule has 0 radical (unpaired) electrons. The quantitative estimate of drug-likeness (QED) is 0.674. The summed E-state index contributed by atoms with van der Waals surface area (Å²) in [6.45, 7) is 2.02. The van der Waals surface area contributed by atoms with Crippen molar-refractivity contribution in [2.45, 2.75) is 25.3 Å². The normalized spacial score (nSPS) is 25.5. The van der Waals surface area contributed by atoms with Crippen molar-refractivity contribution in [2.75, 3.05) is 5.32 Å². The molecule has 0 bridgehead atoms. The van der Waals surface area contributed by atoms with Gasteiger partial charge in [0.25, 0.3) is 0 Å². The zero-order valence-corrected chi connectivity index (χ0v) is 13.1. The largest absolute Gasteiger partial charge is 0.377 e. The highest BCUT2D eigenvalue weighted by Gasteiger charge is 2.39. The van der Waals surface area contributed by atoms with Gasteiger partial charge in [-0.05, 0) is 42.5 Å². The number of halogens is 2. The lowest BCUT2D eigenvalue weighted by molar-refractivity contribution is 0.413. The molecule has 0 saturated heterocycles. The summed E-state index contributed by atoms with van der Waals surface area (Å²) >= 11 is 6.28. The van der Waals surface area contributed by atoms with Gasteiger partial charge >= 0.3 is 0 Å². The van der Waals surface area contributed by atoms with Crippen LogP contribution in [0.4, 0.5) is 10.1 Å². The van der Waals surface area contributed by atoms with E-state index in [1.807, 2.05) is 25.1 Å². The Morgan fingerprint density at radius 3 is 2.77 bits per heavy atom. The van der Waals surface area contributed by atoms with Crippen LogP contribution in [0.15, 0.2) is 48.6 Å². The number of benzene rings is 2. The molecule has 1 nitrogen and oxygen atoms in total. The zero-order valence-electron chi connectivity index (χ0n) is 12.3. The van der Waals surface area contributed by atoms with Gasteiger partial charge in [-0.1, -0.05) is 48.0 Å². The van der Waals surface area contributed by atoms with E-state index < -0.39 is 0 Å². The standard InChI is InChI=1S/C19H17ClFN/c1-11-16(20)10-9-14-12-6-4-7-13(12)19(22-18(11)14)15-5-2-3-8-17(15)21/h2-6,8-10,12-13,19,22H,7H2,1H3/t12-,13-,19-/m0/s1. The van der Waals surface area contributed by atoms with Crippen molar-refractivity contribution < 1.29 is 4.39 Å². The number of allylic oxidation sites excluding steroid dienone is 2. The highest BCUT2D eigenvalue weighted by atomic mass is 35.5. The van der Waals surface area contributed by atoms with E-state index in [-0.39, 0.29) is 11.9 Å². The lowest BCUT2D eigenvalue weighted by atomic mass is 9.76. The molecular weight excluding hydrogens is 297 g/mol. The predicted octanol–water partition coefficient (Wildman–Crippen LogP) is 5.61. The van der Waals surface area contributed by atoms with Crippen molar-refractivity contribution >= 4 is 17.3 Å². The Hall–Kier alpha value is -1.80. The first kappa shape index (κ1) is 13.8. The van der Waals surface area contributed by atoms with Crippen LogP contribution < -0.4 is 5.32 Å². The number of fused-ring (bicyclic) bond motifs is 3. The molecule has 0 spiro atoms. The Morgan fingerprint density at radius 1 is 1.14 bits per heavy atom. The van der Waals surface area contributed by atoms with E-state index in [2.05, 4.69) is 23.5 Å². The topological polar surface area (TPSA) is 12.0 Å². The summed E-state index contributed by atoms with van der Waals surface area (Å²) in [5.74, 6) is 0.538. The Labute approximate surface area is 134 Å². The number of rotatable bonds is 1. The maximum atomic E-state index is 14.3. The fraction of sp³-hybridized carbons (Fsp3) is 0.263. The molecule has 0 amide bonds. The van der Waals surface area contributed by atoms with E-state index in [0.29, 0.717) is 11.8 Å². The molecule has 0 unspecified atom stereocenters. The van der Waals surface area contributed by atoms with E-state index in [0.717, 1.165) is 28.3 Å². The molecule has 1 aliphatic heterocycles. The molecule has 0 saturated carbocycles. The Morgan fingerprint density at radius 2 is 1.95 bits per heavy atom. The molecule has 2 aliphatic rings. The predicted molar refractivity (Wildman–Crippen MR) is 88.9 cm³/mol. The summed E-state index contributed by atoms with van der Waals surface area (Å²) in [5.41, 5.74) is 4.12. The molecule has 3 atom stereocenters. The van der Waals surface area contributed by atoms with Crippen molar-refractivity contribution in [3.63, 3.8) is 0 Å². The molecule has 2 aromatic rings. The maximum absolute atomic E-state index is 14.3. The van der Waals surface area contributed by atoms with E-state index in [4.69, 9.17) is 11.6 Å². The molecule has 4 rings (SSSR count). The monoisotopic (exact) mass is 313 g/mol. The van der Waals surface area contributed by atoms with E-state index in [9.17, 15) is 4.39 Å². The summed E-state index contributed by atoms with van der Waals surface area (Å²) in [7, 11) is 0. The first-order valence-electron chi connectivity index (χ1n) is 7.63. The van der Waals surface area contributed by atoms with Gasteiger partial charge < -0.3 is 5.32 Å². The third-order valence-electron chi connectivity index (χ3n) is 4.97. The van der Waals surface area contributed by atoms with Crippen LogP contribution >= 0.6 is 11.6 Å².